The molecule has 152 valence electrons. The number of ether oxygens (including phenoxy) is 1. The zero-order valence-corrected chi connectivity index (χ0v) is 16.9. The summed E-state index contributed by atoms with van der Waals surface area (Å²) in [6.45, 7) is 11.2. The topological polar surface area (TPSA) is 66.1 Å². The maximum atomic E-state index is 5.58. The maximum absolute atomic E-state index is 5.58. The van der Waals surface area contributed by atoms with Gasteiger partial charge in [0.1, 0.15) is 12.0 Å². The molecule has 0 radical (unpaired) electrons. The first-order valence-electron chi connectivity index (χ1n) is 10.1. The quantitative estimate of drug-likeness (QED) is 0.556. The molecule has 0 atom stereocenters. The number of nitrogens with one attached hydrogen (secondary N) is 1. The lowest BCUT2D eigenvalue weighted by molar-refractivity contribution is 0.169. The molecule has 1 aliphatic rings. The Balaban J connectivity index is 1.50. The first kappa shape index (κ1) is 20.2. The van der Waals surface area contributed by atoms with Crippen LogP contribution in [0.3, 0.4) is 0 Å². The first-order chi connectivity index (χ1) is 13.8. The van der Waals surface area contributed by atoms with Crippen LogP contribution in [0.1, 0.15) is 25.1 Å². The van der Waals surface area contributed by atoms with Crippen molar-refractivity contribution in [3.05, 3.63) is 47.9 Å². The van der Waals surface area contributed by atoms with Gasteiger partial charge in [-0.05, 0) is 38.0 Å². The van der Waals surface area contributed by atoms with Gasteiger partial charge in [0.15, 0.2) is 5.96 Å². The summed E-state index contributed by atoms with van der Waals surface area (Å²) >= 11 is 0. The fourth-order valence-electron chi connectivity index (χ4n) is 3.34. The highest BCUT2D eigenvalue weighted by Gasteiger charge is 2.20. The van der Waals surface area contributed by atoms with Crippen molar-refractivity contribution in [1.29, 1.82) is 0 Å². The van der Waals surface area contributed by atoms with Crippen molar-refractivity contribution in [3.8, 4) is 5.75 Å². The minimum absolute atomic E-state index is 0.689. The number of hydrogen-bond acceptors (Lipinski definition) is 5. The molecular formula is C21H31N5O2. The molecule has 0 bridgehead atoms. The third-order valence-corrected chi connectivity index (χ3v) is 4.76. The third kappa shape index (κ3) is 5.99. The number of benzene rings is 1. The van der Waals surface area contributed by atoms with Crippen molar-refractivity contribution in [3.63, 3.8) is 0 Å². The zero-order valence-electron chi connectivity index (χ0n) is 16.9. The van der Waals surface area contributed by atoms with Crippen molar-refractivity contribution in [1.82, 2.24) is 20.3 Å². The largest absolute Gasteiger partial charge is 0.494 e. The van der Waals surface area contributed by atoms with Gasteiger partial charge in [0.05, 0.1) is 12.3 Å². The second kappa shape index (κ2) is 10.7. The fourth-order valence-corrected chi connectivity index (χ4v) is 3.34. The molecule has 1 aromatic heterocycles. The van der Waals surface area contributed by atoms with Gasteiger partial charge in [-0.25, -0.2) is 0 Å². The lowest BCUT2D eigenvalue weighted by Gasteiger charge is -2.36. The molecule has 1 fully saturated rings. The molecule has 1 aromatic carbocycles. The van der Waals surface area contributed by atoms with Crippen LogP contribution in [0.25, 0.3) is 0 Å². The van der Waals surface area contributed by atoms with Gasteiger partial charge in [0, 0.05) is 51.9 Å². The SMILES string of the molecule is CCNC(=NCCc1cccc(OCC)c1)N1CCN(Cc2ccon2)CC1. The molecule has 1 N–H and O–H groups in total. The summed E-state index contributed by atoms with van der Waals surface area (Å²) in [7, 11) is 0. The molecule has 0 unspecified atom stereocenters. The van der Waals surface area contributed by atoms with Crippen LogP contribution in [0.5, 0.6) is 5.75 Å². The van der Waals surface area contributed by atoms with E-state index in [4.69, 9.17) is 14.3 Å². The van der Waals surface area contributed by atoms with Gasteiger partial charge in [0.2, 0.25) is 0 Å². The average molecular weight is 386 g/mol. The summed E-state index contributed by atoms with van der Waals surface area (Å²) in [5.74, 6) is 1.93. The predicted molar refractivity (Wildman–Crippen MR) is 111 cm³/mol. The van der Waals surface area contributed by atoms with Crippen LogP contribution in [0, 0.1) is 0 Å². The minimum atomic E-state index is 0.689. The standard InChI is InChI=1S/C21H31N5O2/c1-3-22-21(23-10-8-18-6-5-7-20(16-18)27-4-2)26-13-11-25(12-14-26)17-19-9-15-28-24-19/h5-7,9,15-16H,3-4,8,10-14,17H2,1-2H3,(H,22,23). The Morgan fingerprint density at radius 2 is 2.07 bits per heavy atom. The number of nitrogens with zero attached hydrogens (tertiary/aromatic N) is 4. The van der Waals surface area contributed by atoms with Crippen molar-refractivity contribution >= 4 is 5.96 Å². The smallest absolute Gasteiger partial charge is 0.194 e. The van der Waals surface area contributed by atoms with Gasteiger partial charge in [-0.1, -0.05) is 17.3 Å². The van der Waals surface area contributed by atoms with Crippen molar-refractivity contribution in [2.24, 2.45) is 4.99 Å². The molecule has 2 aromatic rings. The highest BCUT2D eigenvalue weighted by molar-refractivity contribution is 5.80. The Labute approximate surface area is 167 Å². The summed E-state index contributed by atoms with van der Waals surface area (Å²) in [5.41, 5.74) is 2.24. The Bertz CT molecular complexity index is 724. The number of hydrogen-bond donors (Lipinski definition) is 1. The average Bonchev–Trinajstić information content (AvgIpc) is 3.22. The van der Waals surface area contributed by atoms with Gasteiger partial charge < -0.3 is 19.5 Å². The Kier molecular flexibility index (Phi) is 7.72. The number of aromatic nitrogens is 1. The zero-order chi connectivity index (χ0) is 19.6. The van der Waals surface area contributed by atoms with E-state index in [2.05, 4.69) is 39.3 Å². The van der Waals surface area contributed by atoms with E-state index in [1.165, 1.54) is 5.56 Å². The summed E-state index contributed by atoms with van der Waals surface area (Å²) in [6.07, 6.45) is 2.54. The van der Waals surface area contributed by atoms with E-state index in [1.807, 2.05) is 25.1 Å². The van der Waals surface area contributed by atoms with E-state index in [9.17, 15) is 0 Å². The number of piperazine rings is 1. The summed E-state index contributed by atoms with van der Waals surface area (Å²) in [5, 5.41) is 7.44. The first-order valence-corrected chi connectivity index (χ1v) is 10.1. The minimum Gasteiger partial charge on any atom is -0.494 e. The van der Waals surface area contributed by atoms with Crippen molar-refractivity contribution in [2.45, 2.75) is 26.8 Å². The van der Waals surface area contributed by atoms with Gasteiger partial charge in [-0.2, -0.15) is 0 Å². The van der Waals surface area contributed by atoms with Crippen molar-refractivity contribution in [2.75, 3.05) is 45.9 Å². The van der Waals surface area contributed by atoms with E-state index >= 15 is 0 Å². The van der Waals surface area contributed by atoms with Gasteiger partial charge in [0.25, 0.3) is 0 Å². The van der Waals surface area contributed by atoms with Crippen LogP contribution in [0.4, 0.5) is 0 Å². The predicted octanol–water partition coefficient (Wildman–Crippen LogP) is 2.40. The van der Waals surface area contributed by atoms with Crippen LogP contribution in [0.15, 0.2) is 46.1 Å². The van der Waals surface area contributed by atoms with Crippen LogP contribution in [-0.4, -0.2) is 66.8 Å². The molecule has 1 saturated heterocycles. The normalized spacial score (nSPS) is 15.6. The number of guanidine groups is 1. The van der Waals surface area contributed by atoms with Crippen LogP contribution < -0.4 is 10.1 Å². The molecule has 1 aliphatic heterocycles. The van der Waals surface area contributed by atoms with Gasteiger partial charge in [-0.15, -0.1) is 0 Å². The molecule has 3 rings (SSSR count). The molecule has 0 aliphatic carbocycles. The second-order valence-corrected chi connectivity index (χ2v) is 6.82. The fraction of sp³-hybridized carbons (Fsp3) is 0.524. The molecule has 7 heteroatoms. The Morgan fingerprint density at radius 1 is 1.21 bits per heavy atom. The molecule has 0 amide bonds. The van der Waals surface area contributed by atoms with E-state index in [-0.39, 0.29) is 0 Å². The molecule has 7 nitrogen and oxygen atoms in total. The highest BCUT2D eigenvalue weighted by Crippen LogP contribution is 2.14. The molecule has 0 saturated carbocycles. The Morgan fingerprint density at radius 3 is 2.79 bits per heavy atom. The van der Waals surface area contributed by atoms with Crippen LogP contribution >= 0.6 is 0 Å². The second-order valence-electron chi connectivity index (χ2n) is 6.82. The van der Waals surface area contributed by atoms with E-state index < -0.39 is 0 Å². The van der Waals surface area contributed by atoms with E-state index in [1.54, 1.807) is 6.26 Å². The monoisotopic (exact) mass is 385 g/mol. The summed E-state index contributed by atoms with van der Waals surface area (Å²) in [6, 6.07) is 10.2. The van der Waals surface area contributed by atoms with Crippen LogP contribution in [0.2, 0.25) is 0 Å². The Hall–Kier alpha value is -2.54. The van der Waals surface area contributed by atoms with Gasteiger partial charge in [-0.3, -0.25) is 9.89 Å². The van der Waals surface area contributed by atoms with Crippen LogP contribution in [-0.2, 0) is 13.0 Å². The van der Waals surface area contributed by atoms with E-state index in [0.717, 1.165) is 69.6 Å². The third-order valence-electron chi connectivity index (χ3n) is 4.76. The lowest BCUT2D eigenvalue weighted by Crippen LogP contribution is -2.52. The molecule has 2 heterocycles. The molecular weight excluding hydrogens is 354 g/mol. The van der Waals surface area contributed by atoms with E-state index in [0.29, 0.717) is 6.61 Å². The molecule has 28 heavy (non-hydrogen) atoms. The molecule has 0 spiro atoms. The number of rotatable bonds is 8. The van der Waals surface area contributed by atoms with Gasteiger partial charge >= 0.3 is 0 Å². The summed E-state index contributed by atoms with van der Waals surface area (Å²) in [4.78, 5) is 9.60. The lowest BCUT2D eigenvalue weighted by atomic mass is 10.1. The maximum Gasteiger partial charge on any atom is 0.194 e. The van der Waals surface area contributed by atoms with Crippen molar-refractivity contribution < 1.29 is 9.26 Å². The highest BCUT2D eigenvalue weighted by atomic mass is 16.5. The summed E-state index contributed by atoms with van der Waals surface area (Å²) < 4.78 is 10.5. The number of aliphatic imine (C=N–C) groups is 1.